The van der Waals surface area contributed by atoms with E-state index >= 15 is 0 Å². The summed E-state index contributed by atoms with van der Waals surface area (Å²) < 4.78 is 16.9. The molecule has 0 radical (unpaired) electrons. The van der Waals surface area contributed by atoms with Gasteiger partial charge in [-0.05, 0) is 128 Å². The van der Waals surface area contributed by atoms with E-state index in [4.69, 9.17) is 14.2 Å². The number of hydrogen-bond donors (Lipinski definition) is 0. The van der Waals surface area contributed by atoms with Crippen LogP contribution in [0, 0.1) is 0 Å². The Morgan fingerprint density at radius 1 is 0.273 bits per heavy atom. The first-order valence-electron chi connectivity index (χ1n) is 32.4. The van der Waals surface area contributed by atoms with Crippen molar-refractivity contribution in [1.82, 2.24) is 0 Å². The molecule has 1 atom stereocenters. The number of hydrogen-bond acceptors (Lipinski definition) is 6. The molecule has 0 aliphatic rings. The average Bonchev–Trinajstić information content (AvgIpc) is 3.43. The molecule has 0 saturated carbocycles. The molecule has 0 aromatic rings. The molecule has 0 fully saturated rings. The SMILES string of the molecule is CC/C=C\C/C=C\C/C=C\C/C=C\C/C=C\C/C=C\C/C=C\CCCCCCCCCCCCCC(=O)OCC(COC(=O)CCCCCCC/C=C\CCCCCC)OC(=O)CCCCCCC/C=C\CCCCCC. The Kier molecular flexibility index (Phi) is 61.3. The van der Waals surface area contributed by atoms with Crippen LogP contribution in [0.5, 0.6) is 0 Å². The van der Waals surface area contributed by atoms with Crippen molar-refractivity contribution in [3.8, 4) is 0 Å². The van der Waals surface area contributed by atoms with Crippen LogP contribution < -0.4 is 0 Å². The average molecular weight is 1070 g/mol. The molecular formula is C71H120O6. The van der Waals surface area contributed by atoms with Crippen LogP contribution in [-0.4, -0.2) is 37.2 Å². The van der Waals surface area contributed by atoms with Crippen LogP contribution in [0.4, 0.5) is 0 Å². The van der Waals surface area contributed by atoms with E-state index < -0.39 is 6.10 Å². The van der Waals surface area contributed by atoms with E-state index in [1.807, 2.05) is 0 Å². The van der Waals surface area contributed by atoms with Gasteiger partial charge in [-0.25, -0.2) is 0 Å². The van der Waals surface area contributed by atoms with Crippen LogP contribution >= 0.6 is 0 Å². The summed E-state index contributed by atoms with van der Waals surface area (Å²) in [5.74, 6) is -0.899. The number of ether oxygens (including phenoxy) is 3. The van der Waals surface area contributed by atoms with Crippen molar-refractivity contribution in [2.45, 2.75) is 309 Å². The predicted molar refractivity (Wildman–Crippen MR) is 334 cm³/mol. The fraction of sp³-hybridized carbons (Fsp3) is 0.704. The molecule has 6 nitrogen and oxygen atoms in total. The Bertz CT molecular complexity index is 1560. The minimum Gasteiger partial charge on any atom is -0.462 e. The number of carbonyl (C=O) groups excluding carboxylic acids is 3. The number of carbonyl (C=O) groups is 3. The first kappa shape index (κ1) is 73.1. The molecule has 0 spiro atoms. The third kappa shape index (κ3) is 62.8. The van der Waals surface area contributed by atoms with Crippen molar-refractivity contribution in [3.63, 3.8) is 0 Å². The number of allylic oxidation sites excluding steroid dienone is 18. The van der Waals surface area contributed by atoms with E-state index in [9.17, 15) is 14.4 Å². The largest absolute Gasteiger partial charge is 0.462 e. The van der Waals surface area contributed by atoms with Gasteiger partial charge in [0.2, 0.25) is 0 Å². The molecule has 0 saturated heterocycles. The minimum atomic E-state index is -0.787. The zero-order valence-corrected chi connectivity index (χ0v) is 50.4. The van der Waals surface area contributed by atoms with Gasteiger partial charge in [-0.1, -0.05) is 265 Å². The first-order valence-corrected chi connectivity index (χ1v) is 32.4. The molecule has 0 aliphatic carbocycles. The first-order chi connectivity index (χ1) is 38.0. The lowest BCUT2D eigenvalue weighted by Crippen LogP contribution is -2.30. The minimum absolute atomic E-state index is 0.0844. The van der Waals surface area contributed by atoms with Crippen molar-refractivity contribution < 1.29 is 28.6 Å². The van der Waals surface area contributed by atoms with Gasteiger partial charge >= 0.3 is 17.9 Å². The summed E-state index contributed by atoms with van der Waals surface area (Å²) in [6.07, 6.45) is 88.2. The van der Waals surface area contributed by atoms with Gasteiger partial charge in [-0.15, -0.1) is 0 Å². The van der Waals surface area contributed by atoms with E-state index in [1.54, 1.807) is 0 Å². The summed E-state index contributed by atoms with van der Waals surface area (Å²) in [6.45, 7) is 6.49. The molecule has 0 amide bonds. The quantitative estimate of drug-likeness (QED) is 0.0261. The maximum Gasteiger partial charge on any atom is 0.306 e. The van der Waals surface area contributed by atoms with Crippen LogP contribution in [0.25, 0.3) is 0 Å². The highest BCUT2D eigenvalue weighted by Crippen LogP contribution is 2.15. The lowest BCUT2D eigenvalue weighted by atomic mass is 10.0. The van der Waals surface area contributed by atoms with Gasteiger partial charge in [-0.2, -0.15) is 0 Å². The van der Waals surface area contributed by atoms with Gasteiger partial charge in [0.15, 0.2) is 6.10 Å². The molecule has 0 N–H and O–H groups in total. The number of unbranched alkanes of at least 4 members (excludes halogenated alkanes) is 29. The Hall–Kier alpha value is -3.93. The van der Waals surface area contributed by atoms with Gasteiger partial charge in [0, 0.05) is 19.3 Å². The molecular weight excluding hydrogens is 949 g/mol. The highest BCUT2D eigenvalue weighted by Gasteiger charge is 2.19. The van der Waals surface area contributed by atoms with Crippen molar-refractivity contribution in [1.29, 1.82) is 0 Å². The van der Waals surface area contributed by atoms with Crippen LogP contribution in [-0.2, 0) is 28.6 Å². The second kappa shape index (κ2) is 64.6. The zero-order chi connectivity index (χ0) is 55.7. The van der Waals surface area contributed by atoms with E-state index in [-0.39, 0.29) is 31.1 Å². The third-order valence-corrected chi connectivity index (χ3v) is 13.7. The van der Waals surface area contributed by atoms with E-state index in [0.29, 0.717) is 19.3 Å². The fourth-order valence-corrected chi connectivity index (χ4v) is 8.88. The van der Waals surface area contributed by atoms with Crippen molar-refractivity contribution in [2.24, 2.45) is 0 Å². The maximum absolute atomic E-state index is 12.9. The van der Waals surface area contributed by atoms with E-state index in [1.165, 1.54) is 141 Å². The summed E-state index contributed by atoms with van der Waals surface area (Å²) in [4.78, 5) is 38.2. The lowest BCUT2D eigenvalue weighted by molar-refractivity contribution is -0.167. The van der Waals surface area contributed by atoms with Gasteiger partial charge in [0.1, 0.15) is 13.2 Å². The highest BCUT2D eigenvalue weighted by atomic mass is 16.6. The van der Waals surface area contributed by atoms with Gasteiger partial charge in [-0.3, -0.25) is 14.4 Å². The Labute approximate surface area is 476 Å². The van der Waals surface area contributed by atoms with Crippen LogP contribution in [0.2, 0.25) is 0 Å². The lowest BCUT2D eigenvalue weighted by Gasteiger charge is -2.18. The molecule has 1 unspecified atom stereocenters. The summed E-state index contributed by atoms with van der Waals surface area (Å²) in [7, 11) is 0. The zero-order valence-electron chi connectivity index (χ0n) is 50.4. The van der Waals surface area contributed by atoms with E-state index in [2.05, 4.69) is 130 Å². The molecule has 0 aromatic carbocycles. The Morgan fingerprint density at radius 2 is 0.506 bits per heavy atom. The summed E-state index contributed by atoms with van der Waals surface area (Å²) in [5.41, 5.74) is 0. The predicted octanol–water partition coefficient (Wildman–Crippen LogP) is 22.2. The second-order valence-electron chi connectivity index (χ2n) is 21.3. The third-order valence-electron chi connectivity index (χ3n) is 13.7. The molecule has 77 heavy (non-hydrogen) atoms. The number of rotatable bonds is 58. The normalized spacial score (nSPS) is 12.8. The molecule has 0 heterocycles. The molecule has 0 rings (SSSR count). The monoisotopic (exact) mass is 1070 g/mol. The Balaban J connectivity index is 4.20. The summed E-state index contributed by atoms with van der Waals surface area (Å²) in [6, 6.07) is 0. The standard InChI is InChI=1S/C71H120O6/c1-4-7-10-13-16-19-22-25-26-27-28-29-30-31-32-33-34-35-36-37-38-39-40-41-42-43-44-47-49-52-55-58-61-64-70(73)76-67-68(77-71(74)65-62-59-56-53-50-46-24-21-18-15-12-9-6-3)66-75-69(72)63-60-57-54-51-48-45-23-20-17-14-11-8-5-2/h7,10,16,19-21,23-26,28-29,31-32,34-35,37-38,68H,4-6,8-9,11-15,17-18,22,27,30,33,36,39-67H2,1-3H3/b10-7-,19-16-,23-20-,24-21-,26-25-,29-28-,32-31-,35-34-,38-37-. The van der Waals surface area contributed by atoms with Gasteiger partial charge < -0.3 is 14.2 Å². The summed E-state index contributed by atoms with van der Waals surface area (Å²) in [5, 5.41) is 0. The molecule has 0 aromatic heterocycles. The van der Waals surface area contributed by atoms with Gasteiger partial charge in [0.25, 0.3) is 0 Å². The van der Waals surface area contributed by atoms with Crippen molar-refractivity contribution in [2.75, 3.05) is 13.2 Å². The number of esters is 3. The maximum atomic E-state index is 12.9. The Morgan fingerprint density at radius 3 is 0.805 bits per heavy atom. The second-order valence-corrected chi connectivity index (χ2v) is 21.3. The van der Waals surface area contributed by atoms with Crippen molar-refractivity contribution >= 4 is 17.9 Å². The van der Waals surface area contributed by atoms with E-state index in [0.717, 1.165) is 122 Å². The highest BCUT2D eigenvalue weighted by molar-refractivity contribution is 5.71. The molecule has 0 aliphatic heterocycles. The van der Waals surface area contributed by atoms with Crippen LogP contribution in [0.1, 0.15) is 303 Å². The fourth-order valence-electron chi connectivity index (χ4n) is 8.88. The van der Waals surface area contributed by atoms with Gasteiger partial charge in [0.05, 0.1) is 0 Å². The molecule has 6 heteroatoms. The smallest absolute Gasteiger partial charge is 0.306 e. The van der Waals surface area contributed by atoms with Crippen molar-refractivity contribution in [3.05, 3.63) is 109 Å². The summed E-state index contributed by atoms with van der Waals surface area (Å²) >= 11 is 0. The topological polar surface area (TPSA) is 78.9 Å². The van der Waals surface area contributed by atoms with Crippen LogP contribution in [0.3, 0.4) is 0 Å². The van der Waals surface area contributed by atoms with Crippen LogP contribution in [0.15, 0.2) is 109 Å². The molecule has 0 bridgehead atoms. The molecule has 440 valence electrons.